The summed E-state index contributed by atoms with van der Waals surface area (Å²) in [4.78, 5) is 20.8. The predicted molar refractivity (Wildman–Crippen MR) is 90.4 cm³/mol. The van der Waals surface area contributed by atoms with Gasteiger partial charge in [0.1, 0.15) is 12.5 Å². The van der Waals surface area contributed by atoms with Gasteiger partial charge in [-0.05, 0) is 26.0 Å². The number of aromatic nitrogens is 1. The van der Waals surface area contributed by atoms with Crippen LogP contribution in [0.5, 0.6) is 0 Å². The molecule has 1 aromatic heterocycles. The van der Waals surface area contributed by atoms with Gasteiger partial charge in [-0.1, -0.05) is 30.3 Å². The van der Waals surface area contributed by atoms with Crippen LogP contribution < -0.4 is 0 Å². The standard InChI is InChI=1S/C17H17N3O2.ClH.Pd/c1-17(2)11-22-16(20-17)12-7-3-4-8-13(12)19-15(21)14-9-5-6-10-18-14;;/h3-10H,11H2,1-2H3,(H,19,20,21);1H;/q;;+2/p-2. The maximum absolute atomic E-state index is 12.2. The number of amides is 1. The van der Waals surface area contributed by atoms with Crippen LogP contribution in [0.4, 0.5) is 5.69 Å². The number of aliphatic imine (C=N–C) groups is 1. The van der Waals surface area contributed by atoms with Gasteiger partial charge in [0.2, 0.25) is 5.90 Å². The van der Waals surface area contributed by atoms with Crippen LogP contribution >= 0.6 is 9.53 Å². The van der Waals surface area contributed by atoms with Crippen molar-refractivity contribution in [3.05, 3.63) is 65.2 Å². The molecule has 1 aliphatic heterocycles. The molecule has 0 aliphatic carbocycles. The molecule has 5 nitrogen and oxygen atoms in total. The number of rotatable bonds is 3. The minimum atomic E-state index is -0.383. The molecule has 7 heteroatoms. The quantitative estimate of drug-likeness (QED) is 0.679. The monoisotopic (exact) mass is 435 g/mol. The molecule has 24 heavy (non-hydrogen) atoms. The Hall–Kier alpha value is -1.74. The Kier molecular flexibility index (Phi) is 6.50. The van der Waals surface area contributed by atoms with E-state index >= 15 is 0 Å². The molecular formula is C17H16ClN3O2Pd. The number of carbonyl (C=O) groups excluding carboxylic acids is 1. The van der Waals surface area contributed by atoms with Crippen molar-refractivity contribution in [3.8, 4) is 0 Å². The van der Waals surface area contributed by atoms with Crippen molar-refractivity contribution in [1.29, 1.82) is 0 Å². The Morgan fingerprint density at radius 2 is 1.92 bits per heavy atom. The fraction of sp³-hybridized carbons (Fsp3) is 0.235. The van der Waals surface area contributed by atoms with Gasteiger partial charge >= 0.3 is 27.7 Å². The van der Waals surface area contributed by atoms with Gasteiger partial charge in [0.05, 0.1) is 11.2 Å². The molecule has 2 heterocycles. The van der Waals surface area contributed by atoms with Crippen molar-refractivity contribution in [3.63, 3.8) is 0 Å². The van der Waals surface area contributed by atoms with Gasteiger partial charge in [-0.2, -0.15) is 0 Å². The van der Waals surface area contributed by atoms with E-state index in [-0.39, 0.29) is 11.4 Å². The molecule has 0 radical (unpaired) electrons. The van der Waals surface area contributed by atoms with Gasteiger partial charge in [0, 0.05) is 11.8 Å². The fourth-order valence-electron chi connectivity index (χ4n) is 2.13. The first-order valence-corrected chi connectivity index (χ1v) is 9.16. The molecule has 0 bridgehead atoms. The van der Waals surface area contributed by atoms with Crippen LogP contribution in [0, 0.1) is 0 Å². The maximum atomic E-state index is 12.2. The molecule has 0 spiro atoms. The van der Waals surface area contributed by atoms with E-state index in [1.165, 1.54) is 0 Å². The molecule has 0 fully saturated rings. The number of benzene rings is 1. The second-order valence-electron chi connectivity index (χ2n) is 5.67. The summed E-state index contributed by atoms with van der Waals surface area (Å²) in [6.07, 6.45) is 1.57. The third-order valence-corrected chi connectivity index (χ3v) is 3.21. The number of halogens is 1. The van der Waals surface area contributed by atoms with Gasteiger partial charge in [-0.15, -0.1) is 5.69 Å². The van der Waals surface area contributed by atoms with Crippen molar-refractivity contribution in [2.24, 2.45) is 4.99 Å². The molecule has 3 rings (SSSR count). The number of hydrogen-bond donors (Lipinski definition) is 0. The average Bonchev–Trinajstić information content (AvgIpc) is 2.98. The summed E-state index contributed by atoms with van der Waals surface area (Å²) in [5.41, 5.74) is 1.31. The molecule has 1 aliphatic rings. The fourth-order valence-corrected chi connectivity index (χ4v) is 2.13. The number of pyridine rings is 1. The van der Waals surface area contributed by atoms with E-state index in [1.54, 1.807) is 30.5 Å². The molecule has 0 unspecified atom stereocenters. The van der Waals surface area contributed by atoms with Crippen LogP contribution in [0.3, 0.4) is 0 Å². The first kappa shape index (κ1) is 18.6. The zero-order chi connectivity index (χ0) is 17.6. The summed E-state index contributed by atoms with van der Waals surface area (Å²) < 4.78 is 5.65. The second-order valence-corrected chi connectivity index (χ2v) is 5.67. The van der Waals surface area contributed by atoms with Crippen molar-refractivity contribution in [1.82, 2.24) is 4.98 Å². The van der Waals surface area contributed by atoms with Crippen LogP contribution in [0.2, 0.25) is 0 Å². The molecule has 1 amide bonds. The number of hydrogen-bond acceptors (Lipinski definition) is 4. The van der Waals surface area contributed by atoms with Crippen LogP contribution in [-0.2, 0) is 22.9 Å². The predicted octanol–water partition coefficient (Wildman–Crippen LogP) is 4.17. The Bertz CT molecular complexity index is 736. The SMILES string of the molecule is CC1(C)COC(c2ccccc2[N-]C(=O)c2ccccn2)=N1.[Cl][Pd+]. The summed E-state index contributed by atoms with van der Waals surface area (Å²) in [5, 5.41) is 4.16. The van der Waals surface area contributed by atoms with Crippen molar-refractivity contribution in [2.75, 3.05) is 6.61 Å². The summed E-state index contributed by atoms with van der Waals surface area (Å²) >= 11 is 2.22. The first-order chi connectivity index (χ1) is 11.6. The van der Waals surface area contributed by atoms with Gasteiger partial charge in [-0.3, -0.25) is 4.98 Å². The van der Waals surface area contributed by atoms with E-state index in [0.29, 0.717) is 23.9 Å². The second kappa shape index (κ2) is 8.39. The Balaban J connectivity index is 0.00000100. The van der Waals surface area contributed by atoms with E-state index in [9.17, 15) is 4.79 Å². The van der Waals surface area contributed by atoms with Crippen molar-refractivity contribution in [2.45, 2.75) is 19.4 Å². The van der Waals surface area contributed by atoms with E-state index in [0.717, 1.165) is 5.56 Å². The number of carbonyl (C=O) groups is 1. The van der Waals surface area contributed by atoms with Gasteiger partial charge in [-0.25, -0.2) is 4.99 Å². The average molecular weight is 436 g/mol. The zero-order valence-corrected chi connectivity index (χ0v) is 15.5. The molecule has 128 valence electrons. The Morgan fingerprint density at radius 3 is 2.54 bits per heavy atom. The zero-order valence-electron chi connectivity index (χ0n) is 13.2. The molecule has 2 aromatic rings. The Morgan fingerprint density at radius 1 is 1.21 bits per heavy atom. The summed E-state index contributed by atoms with van der Waals surface area (Å²) in [6, 6.07) is 12.5. The molecule has 0 saturated carbocycles. The molecule has 0 atom stereocenters. The molecule has 0 saturated heterocycles. The van der Waals surface area contributed by atoms with Crippen LogP contribution in [0.15, 0.2) is 53.7 Å². The third-order valence-electron chi connectivity index (χ3n) is 3.21. The van der Waals surface area contributed by atoms with E-state index in [1.807, 2.05) is 32.0 Å². The molecule has 1 aromatic carbocycles. The number of nitrogens with zero attached hydrogens (tertiary/aromatic N) is 3. The third kappa shape index (κ3) is 4.64. The van der Waals surface area contributed by atoms with Crippen molar-refractivity contribution < 1.29 is 27.7 Å². The first-order valence-electron chi connectivity index (χ1n) is 7.16. The molecular weight excluding hydrogens is 420 g/mol. The normalized spacial score (nSPS) is 14.8. The number of ether oxygens (including phenoxy) is 1. The van der Waals surface area contributed by atoms with Crippen LogP contribution in [0.1, 0.15) is 29.9 Å². The van der Waals surface area contributed by atoms with Crippen LogP contribution in [-0.4, -0.2) is 28.9 Å². The van der Waals surface area contributed by atoms with E-state index in [4.69, 9.17) is 4.74 Å². The van der Waals surface area contributed by atoms with Crippen molar-refractivity contribution >= 4 is 27.0 Å². The van der Waals surface area contributed by atoms with Gasteiger partial charge in [0.15, 0.2) is 0 Å². The topological polar surface area (TPSA) is 65.7 Å². The molecule has 0 N–H and O–H groups in total. The summed E-state index contributed by atoms with van der Waals surface area (Å²) in [5.74, 6) is 0.143. The summed E-state index contributed by atoms with van der Waals surface area (Å²) in [6.45, 7) is 4.52. The van der Waals surface area contributed by atoms with Crippen LogP contribution in [0.25, 0.3) is 5.32 Å². The summed E-state index contributed by atoms with van der Waals surface area (Å²) in [7, 11) is 4.49. The minimum absolute atomic E-state index is 0.257. The van der Waals surface area contributed by atoms with Gasteiger partial charge in [0.25, 0.3) is 0 Å². The Labute approximate surface area is 155 Å². The number of para-hydroxylation sites is 1. The van der Waals surface area contributed by atoms with E-state index < -0.39 is 0 Å². The van der Waals surface area contributed by atoms with Gasteiger partial charge < -0.3 is 14.8 Å². The van der Waals surface area contributed by atoms with E-state index in [2.05, 4.69) is 43.0 Å².